The molecule has 2 aromatic heterocycles. The van der Waals surface area contributed by atoms with Gasteiger partial charge in [-0.2, -0.15) is 9.61 Å². The van der Waals surface area contributed by atoms with Gasteiger partial charge in [0.25, 0.3) is 0 Å². The Morgan fingerprint density at radius 3 is 3.00 bits per heavy atom. The first-order valence-electron chi connectivity index (χ1n) is 6.30. The van der Waals surface area contributed by atoms with E-state index in [0.29, 0.717) is 6.04 Å². The highest BCUT2D eigenvalue weighted by atomic mass is 15.4. The number of piperidine rings is 1. The highest BCUT2D eigenvalue weighted by Crippen LogP contribution is 2.27. The summed E-state index contributed by atoms with van der Waals surface area (Å²) in [5, 5.41) is 12.7. The van der Waals surface area contributed by atoms with Crippen molar-refractivity contribution in [1.82, 2.24) is 24.7 Å². The normalized spacial score (nSPS) is 25.7. The van der Waals surface area contributed by atoms with Crippen LogP contribution in [-0.4, -0.2) is 44.3 Å². The average molecular weight is 246 g/mol. The topological polar surface area (TPSA) is 72.3 Å². The summed E-state index contributed by atoms with van der Waals surface area (Å²) in [5.74, 6) is 0.814. The number of hydrogen-bond acceptors (Lipinski definition) is 5. The monoisotopic (exact) mass is 246 g/mol. The fraction of sp³-hybridized carbons (Fsp3) is 0.583. The predicted octanol–water partition coefficient (Wildman–Crippen LogP) is 0.527. The Hall–Kier alpha value is -1.53. The summed E-state index contributed by atoms with van der Waals surface area (Å²) in [4.78, 5) is 2.32. The van der Waals surface area contributed by atoms with E-state index >= 15 is 0 Å². The molecule has 2 N–H and O–H groups in total. The molecule has 1 aliphatic rings. The standard InChI is InChI=1S/C12H18N6/c1-8-14-15-12-4-3-10(16-18(8)12)11-7-9(13)5-6-17(11)2/h3-4,9,11H,5-7,13H2,1-2H3. The van der Waals surface area contributed by atoms with Gasteiger partial charge in [-0.3, -0.25) is 4.90 Å². The van der Waals surface area contributed by atoms with Crippen molar-refractivity contribution < 1.29 is 0 Å². The lowest BCUT2D eigenvalue weighted by molar-refractivity contribution is 0.167. The molecule has 1 aliphatic heterocycles. The Kier molecular flexibility index (Phi) is 2.76. The molecule has 6 heteroatoms. The number of nitrogens with two attached hydrogens (primary N) is 1. The van der Waals surface area contributed by atoms with Crippen molar-refractivity contribution in [2.45, 2.75) is 31.8 Å². The van der Waals surface area contributed by atoms with Gasteiger partial charge in [0.1, 0.15) is 0 Å². The Balaban J connectivity index is 1.99. The van der Waals surface area contributed by atoms with E-state index in [9.17, 15) is 0 Å². The van der Waals surface area contributed by atoms with E-state index in [4.69, 9.17) is 5.73 Å². The van der Waals surface area contributed by atoms with Crippen LogP contribution in [0.2, 0.25) is 0 Å². The number of aromatic nitrogens is 4. The molecule has 3 heterocycles. The van der Waals surface area contributed by atoms with Crippen LogP contribution in [0.3, 0.4) is 0 Å². The highest BCUT2D eigenvalue weighted by molar-refractivity contribution is 5.36. The zero-order valence-corrected chi connectivity index (χ0v) is 10.7. The smallest absolute Gasteiger partial charge is 0.177 e. The van der Waals surface area contributed by atoms with Crippen LogP contribution >= 0.6 is 0 Å². The van der Waals surface area contributed by atoms with Gasteiger partial charge in [0.05, 0.1) is 11.7 Å². The minimum absolute atomic E-state index is 0.269. The summed E-state index contributed by atoms with van der Waals surface area (Å²) >= 11 is 0. The van der Waals surface area contributed by atoms with Crippen LogP contribution in [-0.2, 0) is 0 Å². The zero-order chi connectivity index (χ0) is 12.7. The highest BCUT2D eigenvalue weighted by Gasteiger charge is 2.26. The second-order valence-electron chi connectivity index (χ2n) is 5.06. The molecule has 3 rings (SSSR count). The maximum atomic E-state index is 6.06. The number of likely N-dealkylation sites (tertiary alicyclic amines) is 1. The van der Waals surface area contributed by atoms with Gasteiger partial charge in [-0.15, -0.1) is 10.2 Å². The molecule has 0 spiro atoms. The maximum Gasteiger partial charge on any atom is 0.177 e. The van der Waals surface area contributed by atoms with Crippen LogP contribution in [0.1, 0.15) is 30.4 Å². The first-order valence-corrected chi connectivity index (χ1v) is 6.30. The molecule has 0 radical (unpaired) electrons. The molecule has 2 atom stereocenters. The zero-order valence-electron chi connectivity index (χ0n) is 10.7. The van der Waals surface area contributed by atoms with E-state index in [1.165, 1.54) is 0 Å². The van der Waals surface area contributed by atoms with Crippen LogP contribution in [0.25, 0.3) is 5.65 Å². The third-order valence-corrected chi connectivity index (χ3v) is 3.69. The van der Waals surface area contributed by atoms with Gasteiger partial charge in [-0.25, -0.2) is 0 Å². The molecular weight excluding hydrogens is 228 g/mol. The quantitative estimate of drug-likeness (QED) is 0.794. The number of nitrogens with zero attached hydrogens (tertiary/aromatic N) is 5. The SMILES string of the molecule is Cc1nnc2ccc(C3CC(N)CCN3C)nn12. The predicted molar refractivity (Wildman–Crippen MR) is 68.1 cm³/mol. The second kappa shape index (κ2) is 4.29. The van der Waals surface area contributed by atoms with Crippen molar-refractivity contribution in [2.24, 2.45) is 5.73 Å². The summed E-state index contributed by atoms with van der Waals surface area (Å²) in [6.45, 7) is 2.93. The molecule has 0 aliphatic carbocycles. The molecule has 1 saturated heterocycles. The molecule has 96 valence electrons. The summed E-state index contributed by atoms with van der Waals surface area (Å²) in [6.07, 6.45) is 2.01. The number of rotatable bonds is 1. The van der Waals surface area contributed by atoms with Crippen molar-refractivity contribution in [3.05, 3.63) is 23.7 Å². The van der Waals surface area contributed by atoms with E-state index < -0.39 is 0 Å². The fourth-order valence-electron chi connectivity index (χ4n) is 2.54. The largest absolute Gasteiger partial charge is 0.328 e. The minimum Gasteiger partial charge on any atom is -0.328 e. The molecule has 2 aromatic rings. The van der Waals surface area contributed by atoms with Crippen molar-refractivity contribution in [3.8, 4) is 0 Å². The molecule has 2 unspecified atom stereocenters. The molecule has 1 fully saturated rings. The Morgan fingerprint density at radius 2 is 2.17 bits per heavy atom. The summed E-state index contributed by atoms with van der Waals surface area (Å²) in [7, 11) is 2.13. The van der Waals surface area contributed by atoms with E-state index in [-0.39, 0.29) is 6.04 Å². The van der Waals surface area contributed by atoms with Gasteiger partial charge in [-0.05, 0) is 45.5 Å². The van der Waals surface area contributed by atoms with Crippen molar-refractivity contribution in [2.75, 3.05) is 13.6 Å². The van der Waals surface area contributed by atoms with Gasteiger partial charge in [-0.1, -0.05) is 0 Å². The van der Waals surface area contributed by atoms with Crippen molar-refractivity contribution in [3.63, 3.8) is 0 Å². The number of aryl methyl sites for hydroxylation is 1. The summed E-state index contributed by atoms with van der Waals surface area (Å²) in [6, 6.07) is 4.56. The average Bonchev–Trinajstić information content (AvgIpc) is 2.74. The Morgan fingerprint density at radius 1 is 1.33 bits per heavy atom. The first kappa shape index (κ1) is 11.6. The van der Waals surface area contributed by atoms with Gasteiger partial charge in [0.2, 0.25) is 0 Å². The molecule has 18 heavy (non-hydrogen) atoms. The molecule has 0 amide bonds. The lowest BCUT2D eigenvalue weighted by Crippen LogP contribution is -2.40. The molecular formula is C12H18N6. The van der Waals surface area contributed by atoms with Crippen LogP contribution in [0.4, 0.5) is 0 Å². The van der Waals surface area contributed by atoms with Crippen molar-refractivity contribution in [1.29, 1.82) is 0 Å². The van der Waals surface area contributed by atoms with E-state index in [1.54, 1.807) is 4.52 Å². The number of hydrogen-bond donors (Lipinski definition) is 1. The lowest BCUT2D eigenvalue weighted by Gasteiger charge is -2.35. The van der Waals surface area contributed by atoms with Crippen LogP contribution in [0.15, 0.2) is 12.1 Å². The fourth-order valence-corrected chi connectivity index (χ4v) is 2.54. The first-order chi connectivity index (χ1) is 8.65. The van der Waals surface area contributed by atoms with Gasteiger partial charge < -0.3 is 5.73 Å². The minimum atomic E-state index is 0.269. The van der Waals surface area contributed by atoms with Gasteiger partial charge in [0.15, 0.2) is 11.5 Å². The molecule has 6 nitrogen and oxygen atoms in total. The van der Waals surface area contributed by atoms with Gasteiger partial charge in [0, 0.05) is 6.04 Å². The number of fused-ring (bicyclic) bond motifs is 1. The van der Waals surface area contributed by atoms with E-state index in [1.807, 2.05) is 19.1 Å². The molecule has 0 saturated carbocycles. The van der Waals surface area contributed by atoms with Crippen LogP contribution in [0.5, 0.6) is 0 Å². The van der Waals surface area contributed by atoms with Crippen LogP contribution < -0.4 is 5.73 Å². The van der Waals surface area contributed by atoms with Gasteiger partial charge >= 0.3 is 0 Å². The molecule has 0 aromatic carbocycles. The Labute approximate surface area is 106 Å². The molecule has 0 bridgehead atoms. The Bertz CT molecular complexity index is 563. The van der Waals surface area contributed by atoms with Crippen LogP contribution in [0, 0.1) is 6.92 Å². The third kappa shape index (κ3) is 1.87. The van der Waals surface area contributed by atoms with E-state index in [0.717, 1.165) is 36.6 Å². The van der Waals surface area contributed by atoms with Crippen molar-refractivity contribution >= 4 is 5.65 Å². The lowest BCUT2D eigenvalue weighted by atomic mass is 9.96. The third-order valence-electron chi connectivity index (χ3n) is 3.69. The van der Waals surface area contributed by atoms with E-state index in [2.05, 4.69) is 27.2 Å². The summed E-state index contributed by atoms with van der Waals surface area (Å²) < 4.78 is 1.79. The summed E-state index contributed by atoms with van der Waals surface area (Å²) in [5.41, 5.74) is 7.90. The maximum absolute atomic E-state index is 6.06. The second-order valence-corrected chi connectivity index (χ2v) is 5.06.